The van der Waals surface area contributed by atoms with Gasteiger partial charge in [-0.25, -0.2) is 0 Å². The molecule has 2 fully saturated rings. The van der Waals surface area contributed by atoms with Crippen LogP contribution >= 0.6 is 0 Å². The van der Waals surface area contributed by atoms with Crippen LogP contribution in [0, 0.1) is 18.8 Å². The molecule has 0 radical (unpaired) electrons. The Labute approximate surface area is 248 Å². The van der Waals surface area contributed by atoms with Gasteiger partial charge in [-0.05, 0) is 81.2 Å². The summed E-state index contributed by atoms with van der Waals surface area (Å²) in [5.41, 5.74) is 4.24. The fourth-order valence-corrected chi connectivity index (χ4v) is 8.44. The number of Topliss-reactive ketones (excluding diaryl/α,β-unsaturated/α-hetero) is 1. The summed E-state index contributed by atoms with van der Waals surface area (Å²) in [6, 6.07) is 12.2. The molecule has 6 rings (SSSR count). The van der Waals surface area contributed by atoms with Gasteiger partial charge >= 0.3 is 5.97 Å². The number of ether oxygens (including phenoxy) is 2. The standard InChI is InChI=1S/C35H42N2O5/c1-21(2)19-37(31(40)14-9-25-8-6-7-22(3)17-25)28-12-11-27-29-18-26-10-13-30(41-24(5)39)33-32(26)35(27,34(28)42-33)15-16-36(29)20-23(4)38/h6-10,13-14,17,21,27-29,34H,11-12,15-16,18-20H2,1-5H3/t27-,28-,29+,34-,35-/m0/s1. The molecule has 2 bridgehead atoms. The van der Waals surface area contributed by atoms with Gasteiger partial charge in [0.15, 0.2) is 11.5 Å². The first-order valence-corrected chi connectivity index (χ1v) is 15.4. The zero-order valence-corrected chi connectivity index (χ0v) is 25.4. The summed E-state index contributed by atoms with van der Waals surface area (Å²) in [4.78, 5) is 42.7. The van der Waals surface area contributed by atoms with Crippen molar-refractivity contribution in [3.05, 3.63) is 64.7 Å². The Balaban J connectivity index is 1.41. The van der Waals surface area contributed by atoms with Crippen LogP contribution in [0.2, 0.25) is 0 Å². The highest BCUT2D eigenvalue weighted by Crippen LogP contribution is 2.64. The number of rotatable bonds is 8. The van der Waals surface area contributed by atoms with Gasteiger partial charge in [-0.15, -0.1) is 0 Å². The molecule has 1 saturated heterocycles. The second kappa shape index (κ2) is 11.0. The van der Waals surface area contributed by atoms with Crippen LogP contribution in [-0.2, 0) is 26.2 Å². The number of carbonyl (C=O) groups excluding carboxylic acids is 3. The van der Waals surface area contributed by atoms with E-state index in [4.69, 9.17) is 9.47 Å². The van der Waals surface area contributed by atoms with Crippen molar-refractivity contribution in [1.29, 1.82) is 0 Å². The van der Waals surface area contributed by atoms with Gasteiger partial charge in [-0.1, -0.05) is 49.7 Å². The molecule has 42 heavy (non-hydrogen) atoms. The smallest absolute Gasteiger partial charge is 0.308 e. The number of likely N-dealkylation sites (tertiary alicyclic amines) is 1. The van der Waals surface area contributed by atoms with Crippen molar-refractivity contribution >= 4 is 23.7 Å². The third-order valence-electron chi connectivity index (χ3n) is 9.77. The maximum absolute atomic E-state index is 14.0. The molecule has 5 atom stereocenters. The fourth-order valence-electron chi connectivity index (χ4n) is 8.44. The first-order valence-electron chi connectivity index (χ1n) is 15.4. The number of aryl methyl sites for hydroxylation is 1. The molecule has 4 aliphatic rings. The van der Waals surface area contributed by atoms with Crippen LogP contribution < -0.4 is 9.47 Å². The molecular formula is C35H42N2O5. The fraction of sp³-hybridized carbons (Fsp3) is 0.514. The van der Waals surface area contributed by atoms with Crippen LogP contribution in [0.5, 0.6) is 11.5 Å². The molecule has 1 amide bonds. The molecular weight excluding hydrogens is 528 g/mol. The van der Waals surface area contributed by atoms with Crippen molar-refractivity contribution in [2.24, 2.45) is 11.8 Å². The monoisotopic (exact) mass is 570 g/mol. The summed E-state index contributed by atoms with van der Waals surface area (Å²) in [5, 5.41) is 0. The number of hydrogen-bond donors (Lipinski definition) is 0. The SMILES string of the molecule is CC(=O)CN1CC[C@]23c4c5ccc(OC(C)=O)c4O[C@H]2[C@@H](N(CC(C)C)C(=O)C=Cc2cccc(C)c2)CC[C@H]3[C@H]1C5. The number of piperidine rings is 1. The van der Waals surface area contributed by atoms with E-state index >= 15 is 0 Å². The normalized spacial score (nSPS) is 27.5. The number of benzene rings is 2. The Morgan fingerprint density at radius 1 is 1.17 bits per heavy atom. The lowest BCUT2D eigenvalue weighted by Crippen LogP contribution is -2.69. The van der Waals surface area contributed by atoms with E-state index in [0.717, 1.165) is 43.4 Å². The van der Waals surface area contributed by atoms with Gasteiger partial charge in [0, 0.05) is 36.6 Å². The maximum Gasteiger partial charge on any atom is 0.308 e. The molecule has 2 aliphatic heterocycles. The molecule has 0 unspecified atom stereocenters. The van der Waals surface area contributed by atoms with Gasteiger partial charge in [-0.2, -0.15) is 0 Å². The number of nitrogens with zero attached hydrogens (tertiary/aromatic N) is 2. The Bertz CT molecular complexity index is 1450. The summed E-state index contributed by atoms with van der Waals surface area (Å²) in [6.07, 6.45) is 6.82. The second-order valence-corrected chi connectivity index (χ2v) is 13.2. The maximum atomic E-state index is 14.0. The molecule has 222 valence electrons. The number of amides is 1. The molecule has 0 N–H and O–H groups in total. The van der Waals surface area contributed by atoms with Crippen molar-refractivity contribution in [3.8, 4) is 11.5 Å². The lowest BCUT2D eigenvalue weighted by molar-refractivity contribution is -0.139. The summed E-state index contributed by atoms with van der Waals surface area (Å²) in [6.45, 7) is 11.3. The van der Waals surface area contributed by atoms with E-state index in [1.165, 1.54) is 18.1 Å². The summed E-state index contributed by atoms with van der Waals surface area (Å²) in [5.74, 6) is 1.52. The van der Waals surface area contributed by atoms with Crippen LogP contribution in [0.15, 0.2) is 42.5 Å². The highest BCUT2D eigenvalue weighted by Gasteiger charge is 2.66. The first kappa shape index (κ1) is 28.7. The second-order valence-electron chi connectivity index (χ2n) is 13.2. The zero-order chi connectivity index (χ0) is 29.8. The van der Waals surface area contributed by atoms with Crippen molar-refractivity contribution < 1.29 is 23.9 Å². The molecule has 7 heteroatoms. The Kier molecular flexibility index (Phi) is 7.50. The molecule has 2 heterocycles. The molecule has 2 aromatic carbocycles. The van der Waals surface area contributed by atoms with E-state index < -0.39 is 0 Å². The molecule has 1 saturated carbocycles. The van der Waals surface area contributed by atoms with E-state index in [1.807, 2.05) is 29.2 Å². The van der Waals surface area contributed by atoms with Gasteiger partial charge in [0.05, 0.1) is 12.6 Å². The average molecular weight is 571 g/mol. The highest BCUT2D eigenvalue weighted by atomic mass is 16.6. The molecule has 2 aliphatic carbocycles. The topological polar surface area (TPSA) is 76.2 Å². The van der Waals surface area contributed by atoms with Gasteiger partial charge < -0.3 is 14.4 Å². The van der Waals surface area contributed by atoms with Crippen molar-refractivity contribution in [1.82, 2.24) is 9.80 Å². The van der Waals surface area contributed by atoms with E-state index in [2.05, 4.69) is 43.9 Å². The van der Waals surface area contributed by atoms with Crippen LogP contribution in [0.1, 0.15) is 69.2 Å². The van der Waals surface area contributed by atoms with E-state index in [1.54, 1.807) is 13.0 Å². The van der Waals surface area contributed by atoms with Gasteiger partial charge in [0.1, 0.15) is 11.9 Å². The molecule has 1 spiro atoms. The first-order chi connectivity index (χ1) is 20.1. The van der Waals surface area contributed by atoms with Gasteiger partial charge in [-0.3, -0.25) is 19.3 Å². The molecule has 0 aromatic heterocycles. The number of hydrogen-bond acceptors (Lipinski definition) is 6. The van der Waals surface area contributed by atoms with Gasteiger partial charge in [0.25, 0.3) is 0 Å². The van der Waals surface area contributed by atoms with E-state index in [0.29, 0.717) is 30.5 Å². The lowest BCUT2D eigenvalue weighted by atomic mass is 9.51. The summed E-state index contributed by atoms with van der Waals surface area (Å²) in [7, 11) is 0. The Hall–Kier alpha value is -3.45. The Morgan fingerprint density at radius 2 is 1.98 bits per heavy atom. The number of ketones is 1. The van der Waals surface area contributed by atoms with Crippen LogP contribution in [0.3, 0.4) is 0 Å². The Morgan fingerprint density at radius 3 is 2.69 bits per heavy atom. The van der Waals surface area contributed by atoms with Crippen molar-refractivity contribution in [3.63, 3.8) is 0 Å². The minimum Gasteiger partial charge on any atom is -0.483 e. The largest absolute Gasteiger partial charge is 0.483 e. The van der Waals surface area contributed by atoms with E-state index in [9.17, 15) is 14.4 Å². The average Bonchev–Trinajstić information content (AvgIpc) is 3.28. The minimum absolute atomic E-state index is 0.00794. The number of carbonyl (C=O) groups is 3. The van der Waals surface area contributed by atoms with E-state index in [-0.39, 0.29) is 47.2 Å². The van der Waals surface area contributed by atoms with Crippen molar-refractivity contribution in [2.75, 3.05) is 19.6 Å². The zero-order valence-electron chi connectivity index (χ0n) is 25.4. The van der Waals surface area contributed by atoms with Crippen molar-refractivity contribution in [2.45, 2.75) is 83.9 Å². The van der Waals surface area contributed by atoms with Crippen LogP contribution in [0.25, 0.3) is 6.08 Å². The lowest BCUT2D eigenvalue weighted by Gasteiger charge is -2.60. The molecule has 7 nitrogen and oxygen atoms in total. The molecule has 2 aromatic rings. The van der Waals surface area contributed by atoms with Crippen LogP contribution in [0.4, 0.5) is 0 Å². The summed E-state index contributed by atoms with van der Waals surface area (Å²) >= 11 is 0. The number of esters is 1. The van der Waals surface area contributed by atoms with Gasteiger partial charge in [0.2, 0.25) is 5.91 Å². The minimum atomic E-state index is -0.377. The predicted octanol–water partition coefficient (Wildman–Crippen LogP) is 5.12. The summed E-state index contributed by atoms with van der Waals surface area (Å²) < 4.78 is 12.6. The quantitative estimate of drug-likeness (QED) is 0.249. The van der Waals surface area contributed by atoms with Crippen LogP contribution in [-0.4, -0.2) is 65.3 Å². The third-order valence-corrected chi connectivity index (χ3v) is 9.77. The highest BCUT2D eigenvalue weighted by molar-refractivity contribution is 5.92. The third kappa shape index (κ3) is 4.85. The predicted molar refractivity (Wildman–Crippen MR) is 161 cm³/mol.